The molecule has 348 valence electrons. The third kappa shape index (κ3) is 9.94. The first kappa shape index (κ1) is 46.9. The Bertz CT molecular complexity index is 2730. The molecule has 5 aromatic rings. The highest BCUT2D eigenvalue weighted by Gasteiger charge is 2.31. The summed E-state index contributed by atoms with van der Waals surface area (Å²) in [5.74, 6) is -1.74. The van der Waals surface area contributed by atoms with E-state index < -0.39 is 29.4 Å². The second-order valence-corrected chi connectivity index (χ2v) is 16.8. The van der Waals surface area contributed by atoms with Crippen LogP contribution in [0.1, 0.15) is 84.0 Å². The number of aryl methyl sites for hydroxylation is 1. The van der Waals surface area contributed by atoms with Gasteiger partial charge in [-0.1, -0.05) is 39.8 Å². The van der Waals surface area contributed by atoms with Crippen LogP contribution in [-0.2, 0) is 20.9 Å². The molecule has 66 heavy (non-hydrogen) atoms. The molecule has 0 unspecified atom stereocenters. The molecule has 2 aliphatic heterocycles. The Morgan fingerprint density at radius 2 is 1.64 bits per heavy atom. The smallest absolute Gasteiger partial charge is 0.416 e. The number of H-pyrrole nitrogens is 2. The summed E-state index contributed by atoms with van der Waals surface area (Å²) < 4.78 is 21.1. The fraction of sp³-hybridized carbons (Fsp3) is 0.375. The van der Waals surface area contributed by atoms with E-state index in [1.165, 1.54) is 28.8 Å². The van der Waals surface area contributed by atoms with Crippen molar-refractivity contribution in [2.75, 3.05) is 64.3 Å². The number of phenols is 2. The molecule has 7 rings (SSSR count). The lowest BCUT2D eigenvalue weighted by atomic mass is 9.98. The van der Waals surface area contributed by atoms with Gasteiger partial charge in [-0.05, 0) is 92.0 Å². The zero-order chi connectivity index (χ0) is 47.4. The third-order valence-electron chi connectivity index (χ3n) is 12.3. The van der Waals surface area contributed by atoms with Crippen LogP contribution < -0.4 is 11.0 Å². The first-order valence-electron chi connectivity index (χ1n) is 22.1. The molecular formula is C48H56FN9O8. The van der Waals surface area contributed by atoms with Gasteiger partial charge in [0.1, 0.15) is 23.9 Å². The minimum atomic E-state index is -0.872. The minimum absolute atomic E-state index is 0.0345. The van der Waals surface area contributed by atoms with Gasteiger partial charge in [0.15, 0.2) is 5.82 Å². The van der Waals surface area contributed by atoms with Crippen LogP contribution in [0.5, 0.6) is 11.5 Å². The van der Waals surface area contributed by atoms with Crippen molar-refractivity contribution in [3.63, 3.8) is 0 Å². The minimum Gasteiger partial charge on any atom is -0.508 e. The molecule has 2 aliphatic rings. The Morgan fingerprint density at radius 3 is 2.32 bits per heavy atom. The number of halogens is 1. The van der Waals surface area contributed by atoms with E-state index in [1.54, 1.807) is 43.0 Å². The molecule has 0 atom stereocenters. The summed E-state index contributed by atoms with van der Waals surface area (Å²) in [4.78, 5) is 77.2. The van der Waals surface area contributed by atoms with Crippen molar-refractivity contribution in [2.45, 2.75) is 60.4 Å². The summed E-state index contributed by atoms with van der Waals surface area (Å²) in [5.41, 5.74) is 4.77. The Kier molecular flexibility index (Phi) is 14.2. The number of hydrogen-bond acceptors (Lipinski definition) is 11. The molecule has 5 N–H and O–H groups in total. The van der Waals surface area contributed by atoms with Gasteiger partial charge >= 0.3 is 11.8 Å². The number of aromatic amines is 2. The van der Waals surface area contributed by atoms with Gasteiger partial charge < -0.3 is 35.1 Å². The SMILES string of the molecule is CCN(CC)CCN(C(=O)OCCC(=O)N1CCN(Cc2ccc(-n3c(-c4cc(C(C)C)c(O)cc4O)n[nH]c3=O)cc2)CC1)C(=O)c1c(C)[nH]c(/C=C2\C(=O)Nc3ccc(F)cc32)c1C. The van der Waals surface area contributed by atoms with Crippen molar-refractivity contribution in [3.05, 3.63) is 110 Å². The summed E-state index contributed by atoms with van der Waals surface area (Å²) >= 11 is 0. The lowest BCUT2D eigenvalue weighted by Crippen LogP contribution is -2.48. The molecular weight excluding hydrogens is 850 g/mol. The van der Waals surface area contributed by atoms with E-state index in [2.05, 4.69) is 30.3 Å². The summed E-state index contributed by atoms with van der Waals surface area (Å²) in [7, 11) is 0. The summed E-state index contributed by atoms with van der Waals surface area (Å²) in [6, 6.07) is 14.3. The number of benzene rings is 3. The molecule has 0 radical (unpaired) electrons. The van der Waals surface area contributed by atoms with Crippen LogP contribution in [0.3, 0.4) is 0 Å². The van der Waals surface area contributed by atoms with Gasteiger partial charge in [-0.25, -0.2) is 28.5 Å². The number of rotatable bonds is 15. The number of piperazine rings is 1. The van der Waals surface area contributed by atoms with Gasteiger partial charge in [-0.15, -0.1) is 0 Å². The van der Waals surface area contributed by atoms with Gasteiger partial charge in [0.05, 0.1) is 28.8 Å². The van der Waals surface area contributed by atoms with Crippen molar-refractivity contribution < 1.29 is 38.5 Å². The fourth-order valence-corrected chi connectivity index (χ4v) is 8.46. The number of fused-ring (bicyclic) bond motifs is 1. The van der Waals surface area contributed by atoms with Gasteiger partial charge in [0.25, 0.3) is 11.8 Å². The number of likely N-dealkylation sites (N-methyl/N-ethyl adjacent to an activating group) is 1. The maximum absolute atomic E-state index is 14.2. The van der Waals surface area contributed by atoms with Gasteiger partial charge in [-0.3, -0.25) is 19.3 Å². The van der Waals surface area contributed by atoms with E-state index in [1.807, 2.05) is 39.8 Å². The predicted molar refractivity (Wildman–Crippen MR) is 247 cm³/mol. The van der Waals surface area contributed by atoms with Crippen LogP contribution >= 0.6 is 0 Å². The first-order valence-corrected chi connectivity index (χ1v) is 22.1. The normalized spacial score (nSPS) is 14.6. The van der Waals surface area contributed by atoms with E-state index >= 15 is 0 Å². The number of anilines is 1. The van der Waals surface area contributed by atoms with Crippen LogP contribution in [0.4, 0.5) is 14.9 Å². The van der Waals surface area contributed by atoms with Crippen molar-refractivity contribution in [1.82, 2.24) is 39.3 Å². The summed E-state index contributed by atoms with van der Waals surface area (Å²) in [6.07, 6.45) is 0.634. The van der Waals surface area contributed by atoms with Crippen LogP contribution in [0.2, 0.25) is 0 Å². The number of amides is 4. The molecule has 2 aromatic heterocycles. The molecule has 18 heteroatoms. The fourth-order valence-electron chi connectivity index (χ4n) is 8.46. The quantitative estimate of drug-likeness (QED) is 0.0771. The van der Waals surface area contributed by atoms with Gasteiger partial charge in [0, 0.05) is 74.5 Å². The number of aromatic nitrogens is 4. The van der Waals surface area contributed by atoms with Crippen molar-refractivity contribution in [2.24, 2.45) is 0 Å². The zero-order valence-electron chi connectivity index (χ0n) is 38.0. The van der Waals surface area contributed by atoms with Crippen LogP contribution in [0.25, 0.3) is 28.7 Å². The Labute approximate surface area is 381 Å². The van der Waals surface area contributed by atoms with E-state index in [9.17, 15) is 38.6 Å². The van der Waals surface area contributed by atoms with Crippen molar-refractivity contribution in [1.29, 1.82) is 0 Å². The van der Waals surface area contributed by atoms with E-state index in [0.29, 0.717) is 97.4 Å². The van der Waals surface area contributed by atoms with E-state index in [0.717, 1.165) is 10.5 Å². The molecule has 3 aromatic carbocycles. The number of nitrogens with one attached hydrogen (secondary N) is 3. The van der Waals surface area contributed by atoms with Crippen LogP contribution in [0.15, 0.2) is 59.4 Å². The molecule has 0 aliphatic carbocycles. The lowest BCUT2D eigenvalue weighted by Gasteiger charge is -2.34. The summed E-state index contributed by atoms with van der Waals surface area (Å²) in [5, 5.41) is 30.4. The third-order valence-corrected chi connectivity index (χ3v) is 12.3. The number of nitrogens with zero attached hydrogens (tertiary/aromatic N) is 6. The first-order chi connectivity index (χ1) is 31.6. The number of aromatic hydroxyl groups is 2. The average molecular weight is 906 g/mol. The summed E-state index contributed by atoms with van der Waals surface area (Å²) in [6.45, 7) is 15.6. The van der Waals surface area contributed by atoms with E-state index in [-0.39, 0.29) is 59.9 Å². The van der Waals surface area contributed by atoms with Crippen molar-refractivity contribution in [3.8, 4) is 28.6 Å². The Hall–Kier alpha value is -7.05. The Morgan fingerprint density at radius 1 is 0.924 bits per heavy atom. The monoisotopic (exact) mass is 905 g/mol. The number of phenolic OH excluding ortho intramolecular Hbond substituents is 2. The average Bonchev–Trinajstić information content (AvgIpc) is 3.92. The maximum Gasteiger partial charge on any atom is 0.416 e. The predicted octanol–water partition coefficient (Wildman–Crippen LogP) is 5.99. The number of imide groups is 1. The second kappa shape index (κ2) is 20.0. The van der Waals surface area contributed by atoms with Crippen molar-refractivity contribution >= 4 is 41.2 Å². The topological polar surface area (TPSA) is 209 Å². The largest absolute Gasteiger partial charge is 0.508 e. The highest BCUT2D eigenvalue weighted by Crippen LogP contribution is 2.38. The highest BCUT2D eigenvalue weighted by molar-refractivity contribution is 6.35. The standard InChI is InChI=1S/C48H56FN9O8/c1-7-54(8-2)18-21-57(46(63)43-29(5)39(50-30(43)6)25-36-35-23-32(49)11-14-38(35)51-45(36)62)48(65)66-22-15-42(61)56-19-16-55(17-20-56)27-31-9-12-33(13-10-31)58-44(52-53-47(58)64)37-24-34(28(3)4)40(59)26-41(37)60/h9-14,23-26,28,50,59-60H,7-8,15-22,27H2,1-6H3,(H,51,62)(H,53,64)/b36-25-. The van der Waals surface area contributed by atoms with E-state index in [4.69, 9.17) is 4.74 Å². The molecule has 0 saturated carbocycles. The second-order valence-electron chi connectivity index (χ2n) is 16.8. The molecule has 4 heterocycles. The van der Waals surface area contributed by atoms with Gasteiger partial charge in [0.2, 0.25) is 5.91 Å². The Balaban J connectivity index is 0.944. The highest BCUT2D eigenvalue weighted by atomic mass is 19.1. The number of carbonyl (C=O) groups excluding carboxylic acids is 4. The molecule has 0 bridgehead atoms. The number of carbonyl (C=O) groups is 4. The molecule has 4 amide bonds. The van der Waals surface area contributed by atoms with Crippen LogP contribution in [0, 0.1) is 19.7 Å². The zero-order valence-corrected chi connectivity index (χ0v) is 38.0. The molecule has 0 spiro atoms. The number of ether oxygens (including phenoxy) is 1. The van der Waals surface area contributed by atoms with Crippen LogP contribution in [-0.4, -0.2) is 132 Å². The lowest BCUT2D eigenvalue weighted by molar-refractivity contribution is -0.133. The molecule has 1 saturated heterocycles. The molecule has 17 nitrogen and oxygen atoms in total. The maximum atomic E-state index is 14.2. The molecule has 1 fully saturated rings. The number of hydrogen-bond donors (Lipinski definition) is 5. The van der Waals surface area contributed by atoms with Gasteiger partial charge in [-0.2, -0.15) is 5.10 Å².